The third kappa shape index (κ3) is 6.10. The molecule has 2 saturated heterocycles. The summed E-state index contributed by atoms with van der Waals surface area (Å²) in [5, 5.41) is 9.36. The molecule has 180 valence electrons. The lowest BCUT2D eigenvalue weighted by atomic mass is 10.0. The maximum absolute atomic E-state index is 12.7. The van der Waals surface area contributed by atoms with E-state index in [1.54, 1.807) is 40.1 Å². The van der Waals surface area contributed by atoms with E-state index in [4.69, 9.17) is 0 Å². The summed E-state index contributed by atoms with van der Waals surface area (Å²) < 4.78 is 26.9. The molecule has 2 heterocycles. The number of nitrogens with zero attached hydrogens (tertiary/aromatic N) is 5. The molecule has 0 N–H and O–H groups in total. The van der Waals surface area contributed by atoms with E-state index in [9.17, 15) is 23.3 Å². The van der Waals surface area contributed by atoms with Crippen LogP contribution in [0.15, 0.2) is 35.2 Å². The predicted octanol–water partition coefficient (Wildman–Crippen LogP) is 0.992. The molecule has 0 saturated carbocycles. The first kappa shape index (κ1) is 25.1. The fraction of sp³-hybridized carbons (Fsp3) is 0.609. The third-order valence-electron chi connectivity index (χ3n) is 6.35. The van der Waals surface area contributed by atoms with E-state index in [1.165, 1.54) is 4.31 Å². The topological polar surface area (TPSA) is 105 Å². The molecule has 2 amide bonds. The lowest BCUT2D eigenvalue weighted by molar-refractivity contribution is -0.138. The van der Waals surface area contributed by atoms with Gasteiger partial charge in [0.25, 0.3) is 0 Å². The minimum absolute atomic E-state index is 0.0497. The van der Waals surface area contributed by atoms with Gasteiger partial charge in [0.2, 0.25) is 21.8 Å². The second-order valence-electron chi connectivity index (χ2n) is 8.83. The fourth-order valence-electron chi connectivity index (χ4n) is 4.35. The summed E-state index contributed by atoms with van der Waals surface area (Å²) in [6, 6.07) is 10.5. The first-order valence-electron chi connectivity index (χ1n) is 11.5. The second kappa shape index (κ2) is 11.1. The number of piperazine rings is 2. The Morgan fingerprint density at radius 1 is 0.879 bits per heavy atom. The quantitative estimate of drug-likeness (QED) is 0.582. The van der Waals surface area contributed by atoms with E-state index in [0.29, 0.717) is 39.3 Å². The maximum Gasteiger partial charge on any atom is 0.243 e. The summed E-state index contributed by atoms with van der Waals surface area (Å²) in [6.07, 6.45) is 0.268. The summed E-state index contributed by atoms with van der Waals surface area (Å²) in [7, 11) is -3.56. The molecule has 2 aliphatic rings. The molecule has 0 aliphatic carbocycles. The highest BCUT2D eigenvalue weighted by molar-refractivity contribution is 7.89. The second-order valence-corrected chi connectivity index (χ2v) is 10.8. The predicted molar refractivity (Wildman–Crippen MR) is 123 cm³/mol. The Balaban J connectivity index is 1.42. The van der Waals surface area contributed by atoms with Crippen LogP contribution in [-0.4, -0.2) is 97.6 Å². The van der Waals surface area contributed by atoms with Crippen molar-refractivity contribution in [2.24, 2.45) is 5.92 Å². The van der Waals surface area contributed by atoms with Gasteiger partial charge in [-0.05, 0) is 18.1 Å². The number of carbonyl (C=O) groups excluding carboxylic acids is 2. The van der Waals surface area contributed by atoms with Gasteiger partial charge in [-0.25, -0.2) is 8.42 Å². The first-order valence-corrected chi connectivity index (χ1v) is 12.9. The van der Waals surface area contributed by atoms with Crippen LogP contribution in [-0.2, 0) is 19.6 Å². The molecule has 1 atom stereocenters. The van der Waals surface area contributed by atoms with Crippen LogP contribution < -0.4 is 0 Å². The van der Waals surface area contributed by atoms with Gasteiger partial charge < -0.3 is 9.80 Å². The fourth-order valence-corrected chi connectivity index (χ4v) is 5.79. The summed E-state index contributed by atoms with van der Waals surface area (Å²) in [4.78, 5) is 31.0. The Kier molecular flexibility index (Phi) is 8.46. The van der Waals surface area contributed by atoms with Crippen LogP contribution in [0.4, 0.5) is 0 Å². The molecule has 9 nitrogen and oxygen atoms in total. The number of sulfonamides is 1. The van der Waals surface area contributed by atoms with Crippen molar-refractivity contribution < 1.29 is 18.0 Å². The summed E-state index contributed by atoms with van der Waals surface area (Å²) in [6.45, 7) is 7.63. The molecule has 0 aromatic heterocycles. The smallest absolute Gasteiger partial charge is 0.243 e. The van der Waals surface area contributed by atoms with Gasteiger partial charge in [-0.2, -0.15) is 9.57 Å². The van der Waals surface area contributed by atoms with Crippen LogP contribution >= 0.6 is 0 Å². The van der Waals surface area contributed by atoms with Crippen LogP contribution in [0.25, 0.3) is 0 Å². The SMILES string of the molecule is CC(C)C(C#N)N1CCN(C(=O)CCC(=O)N2CCN(S(=O)(=O)c3ccccc3)CC2)CC1. The third-order valence-corrected chi connectivity index (χ3v) is 8.26. The van der Waals surface area contributed by atoms with Gasteiger partial charge in [-0.3, -0.25) is 14.5 Å². The number of hydrogen-bond donors (Lipinski definition) is 0. The van der Waals surface area contributed by atoms with Crippen LogP contribution in [0.1, 0.15) is 26.7 Å². The van der Waals surface area contributed by atoms with Crippen molar-refractivity contribution in [3.63, 3.8) is 0 Å². The Labute approximate surface area is 196 Å². The average Bonchev–Trinajstić information content (AvgIpc) is 2.83. The zero-order valence-electron chi connectivity index (χ0n) is 19.4. The van der Waals surface area contributed by atoms with Gasteiger partial charge in [-0.15, -0.1) is 0 Å². The van der Waals surface area contributed by atoms with Gasteiger partial charge in [0.1, 0.15) is 6.04 Å². The van der Waals surface area contributed by atoms with E-state index < -0.39 is 10.0 Å². The Morgan fingerprint density at radius 3 is 1.82 bits per heavy atom. The molecule has 2 aliphatic heterocycles. The summed E-state index contributed by atoms with van der Waals surface area (Å²) in [5.74, 6) is 0.0625. The number of benzene rings is 1. The molecular weight excluding hydrogens is 442 g/mol. The largest absolute Gasteiger partial charge is 0.340 e. The maximum atomic E-state index is 12.7. The minimum atomic E-state index is -3.56. The highest BCUT2D eigenvalue weighted by atomic mass is 32.2. The van der Waals surface area contributed by atoms with Crippen LogP contribution in [0, 0.1) is 17.2 Å². The molecule has 10 heteroatoms. The summed E-state index contributed by atoms with van der Waals surface area (Å²) >= 11 is 0. The molecule has 0 radical (unpaired) electrons. The van der Waals surface area contributed by atoms with Crippen molar-refractivity contribution in [1.29, 1.82) is 5.26 Å². The lowest BCUT2D eigenvalue weighted by Gasteiger charge is -2.38. The zero-order valence-corrected chi connectivity index (χ0v) is 20.2. The van der Waals surface area contributed by atoms with E-state index >= 15 is 0 Å². The van der Waals surface area contributed by atoms with Gasteiger partial charge in [0, 0.05) is 65.2 Å². The number of rotatable bonds is 7. The normalized spacial score (nSPS) is 19.3. The minimum Gasteiger partial charge on any atom is -0.340 e. The molecule has 33 heavy (non-hydrogen) atoms. The Hall–Kier alpha value is -2.48. The van der Waals surface area contributed by atoms with Gasteiger partial charge in [0.15, 0.2) is 0 Å². The van der Waals surface area contributed by atoms with Gasteiger partial charge >= 0.3 is 0 Å². The van der Waals surface area contributed by atoms with E-state index in [1.807, 2.05) is 13.8 Å². The molecule has 1 unspecified atom stereocenters. The Morgan fingerprint density at radius 2 is 1.36 bits per heavy atom. The highest BCUT2D eigenvalue weighted by Gasteiger charge is 2.31. The van der Waals surface area contributed by atoms with E-state index in [2.05, 4.69) is 11.0 Å². The van der Waals surface area contributed by atoms with Gasteiger partial charge in [-0.1, -0.05) is 32.0 Å². The number of nitriles is 1. The van der Waals surface area contributed by atoms with E-state index in [-0.39, 0.29) is 54.6 Å². The van der Waals surface area contributed by atoms with Crippen molar-refractivity contribution in [2.45, 2.75) is 37.6 Å². The molecule has 3 rings (SSSR count). The number of hydrogen-bond acceptors (Lipinski definition) is 6. The lowest BCUT2D eigenvalue weighted by Crippen LogP contribution is -2.53. The molecular formula is C23H33N5O4S. The van der Waals surface area contributed by atoms with Crippen molar-refractivity contribution >= 4 is 21.8 Å². The van der Waals surface area contributed by atoms with Crippen molar-refractivity contribution in [1.82, 2.24) is 19.0 Å². The van der Waals surface area contributed by atoms with Crippen molar-refractivity contribution in [3.8, 4) is 6.07 Å². The summed E-state index contributed by atoms with van der Waals surface area (Å²) in [5.41, 5.74) is 0. The van der Waals surface area contributed by atoms with Crippen LogP contribution in [0.2, 0.25) is 0 Å². The van der Waals surface area contributed by atoms with Gasteiger partial charge in [0.05, 0.1) is 11.0 Å². The monoisotopic (exact) mass is 475 g/mol. The van der Waals surface area contributed by atoms with Crippen LogP contribution in [0.5, 0.6) is 0 Å². The number of amides is 2. The molecule has 0 spiro atoms. The number of carbonyl (C=O) groups is 2. The first-order chi connectivity index (χ1) is 15.7. The molecule has 1 aromatic rings. The van der Waals surface area contributed by atoms with E-state index in [0.717, 1.165) is 0 Å². The van der Waals surface area contributed by atoms with Crippen molar-refractivity contribution in [2.75, 3.05) is 52.4 Å². The standard InChI is InChI=1S/C23H33N5O4S/c1-19(2)21(18-24)25-10-12-26(13-11-25)22(29)8-9-23(30)27-14-16-28(17-15-27)33(31,32)20-6-4-3-5-7-20/h3-7,19,21H,8-17H2,1-2H3. The molecule has 0 bridgehead atoms. The molecule has 2 fully saturated rings. The van der Waals surface area contributed by atoms with Crippen LogP contribution in [0.3, 0.4) is 0 Å². The highest BCUT2D eigenvalue weighted by Crippen LogP contribution is 2.18. The average molecular weight is 476 g/mol. The Bertz CT molecular complexity index is 960. The zero-order chi connectivity index (χ0) is 24.0. The molecule has 1 aromatic carbocycles. The van der Waals surface area contributed by atoms with Crippen molar-refractivity contribution in [3.05, 3.63) is 30.3 Å².